The standard InChI is InChI=1S/C16H17Cl2NO3/c1-22-13-3-2-12(17)16(18)15(13)9-4-5-19-10(6-9)7-11(20)8-14(19)21/h2-3,9-10H,4-8H2,1H3/t9-,10+/m1/s1. The predicted octanol–water partition coefficient (Wildman–Crippen LogP) is 3.44. The highest BCUT2D eigenvalue weighted by molar-refractivity contribution is 6.42. The van der Waals surface area contributed by atoms with Gasteiger partial charge in [-0.05, 0) is 30.9 Å². The molecule has 2 atom stereocenters. The van der Waals surface area contributed by atoms with Crippen molar-refractivity contribution in [2.75, 3.05) is 13.7 Å². The molecule has 2 aliphatic heterocycles. The molecule has 2 heterocycles. The Morgan fingerprint density at radius 3 is 2.77 bits per heavy atom. The molecule has 0 N–H and O–H groups in total. The van der Waals surface area contributed by atoms with E-state index >= 15 is 0 Å². The fourth-order valence-electron chi connectivity index (χ4n) is 3.55. The number of methoxy groups -OCH3 is 1. The van der Waals surface area contributed by atoms with Gasteiger partial charge in [-0.15, -0.1) is 0 Å². The van der Waals surface area contributed by atoms with Crippen LogP contribution in [0.25, 0.3) is 0 Å². The lowest BCUT2D eigenvalue weighted by Crippen LogP contribution is -2.50. The summed E-state index contributed by atoms with van der Waals surface area (Å²) in [5.74, 6) is 0.822. The van der Waals surface area contributed by atoms with Crippen molar-refractivity contribution in [3.05, 3.63) is 27.7 Å². The maximum absolute atomic E-state index is 12.0. The Bertz CT molecular complexity index is 632. The van der Waals surface area contributed by atoms with Crippen molar-refractivity contribution in [1.82, 2.24) is 4.90 Å². The Morgan fingerprint density at radius 2 is 2.05 bits per heavy atom. The van der Waals surface area contributed by atoms with Crippen molar-refractivity contribution in [2.24, 2.45) is 0 Å². The molecule has 0 spiro atoms. The molecule has 4 nitrogen and oxygen atoms in total. The Labute approximate surface area is 139 Å². The number of benzene rings is 1. The quantitative estimate of drug-likeness (QED) is 0.774. The van der Waals surface area contributed by atoms with Crippen molar-refractivity contribution >= 4 is 34.9 Å². The molecule has 0 bridgehead atoms. The SMILES string of the molecule is COc1ccc(Cl)c(Cl)c1[C@@H]1CCN2C(=O)CC(=O)C[C@@H]2C1. The number of rotatable bonds is 2. The minimum atomic E-state index is -0.0520. The highest BCUT2D eigenvalue weighted by atomic mass is 35.5. The Kier molecular flexibility index (Phi) is 4.33. The number of hydrogen-bond acceptors (Lipinski definition) is 3. The summed E-state index contributed by atoms with van der Waals surface area (Å²) in [5.41, 5.74) is 0.891. The number of piperidine rings is 2. The molecule has 0 saturated carbocycles. The molecule has 0 aliphatic carbocycles. The Hall–Kier alpha value is -1.26. The number of nitrogens with zero attached hydrogens (tertiary/aromatic N) is 1. The van der Waals surface area contributed by atoms with Crippen LogP contribution in [0.5, 0.6) is 5.75 Å². The third-order valence-electron chi connectivity index (χ3n) is 4.57. The number of ketones is 1. The van der Waals surface area contributed by atoms with E-state index in [2.05, 4.69) is 0 Å². The second-order valence-electron chi connectivity index (χ2n) is 5.86. The normalized spacial score (nSPS) is 25.1. The maximum atomic E-state index is 12.0. The third kappa shape index (κ3) is 2.70. The van der Waals surface area contributed by atoms with Gasteiger partial charge in [0.05, 0.1) is 23.6 Å². The van der Waals surface area contributed by atoms with Gasteiger partial charge in [-0.1, -0.05) is 23.2 Å². The zero-order valence-corrected chi connectivity index (χ0v) is 13.8. The Morgan fingerprint density at radius 1 is 1.27 bits per heavy atom. The average Bonchev–Trinajstić information content (AvgIpc) is 2.49. The monoisotopic (exact) mass is 341 g/mol. The topological polar surface area (TPSA) is 46.6 Å². The van der Waals surface area contributed by atoms with Gasteiger partial charge in [0.25, 0.3) is 0 Å². The van der Waals surface area contributed by atoms with Gasteiger partial charge in [0.1, 0.15) is 11.5 Å². The van der Waals surface area contributed by atoms with Crippen LogP contribution in [0, 0.1) is 0 Å². The van der Waals surface area contributed by atoms with E-state index in [4.69, 9.17) is 27.9 Å². The second kappa shape index (κ2) is 6.09. The van der Waals surface area contributed by atoms with Gasteiger partial charge in [0.15, 0.2) is 0 Å². The summed E-state index contributed by atoms with van der Waals surface area (Å²) in [6, 6.07) is 3.49. The lowest BCUT2D eigenvalue weighted by molar-refractivity contribution is -0.144. The molecular formula is C16H17Cl2NO3. The van der Waals surface area contributed by atoms with E-state index in [1.807, 2.05) is 11.0 Å². The molecule has 0 unspecified atom stereocenters. The number of Topliss-reactive ketones (excluding diaryl/α,β-unsaturated/α-hetero) is 1. The number of hydrogen-bond donors (Lipinski definition) is 0. The van der Waals surface area contributed by atoms with Crippen LogP contribution in [0.4, 0.5) is 0 Å². The van der Waals surface area contributed by atoms with Crippen molar-refractivity contribution in [3.8, 4) is 5.75 Å². The zero-order valence-electron chi connectivity index (χ0n) is 12.3. The van der Waals surface area contributed by atoms with Crippen LogP contribution in [-0.4, -0.2) is 36.3 Å². The highest BCUT2D eigenvalue weighted by Crippen LogP contribution is 2.44. The van der Waals surface area contributed by atoms with E-state index in [0.717, 1.165) is 12.0 Å². The van der Waals surface area contributed by atoms with Gasteiger partial charge in [-0.25, -0.2) is 0 Å². The number of fused-ring (bicyclic) bond motifs is 1. The van der Waals surface area contributed by atoms with E-state index in [1.165, 1.54) is 0 Å². The predicted molar refractivity (Wildman–Crippen MR) is 84.7 cm³/mol. The summed E-state index contributed by atoms with van der Waals surface area (Å²) in [4.78, 5) is 25.5. The summed E-state index contributed by atoms with van der Waals surface area (Å²) in [7, 11) is 1.60. The molecule has 1 aromatic rings. The van der Waals surface area contributed by atoms with Gasteiger partial charge >= 0.3 is 0 Å². The van der Waals surface area contributed by atoms with Crippen molar-refractivity contribution in [1.29, 1.82) is 0 Å². The summed E-state index contributed by atoms with van der Waals surface area (Å²) >= 11 is 12.5. The van der Waals surface area contributed by atoms with Crippen LogP contribution in [0.3, 0.4) is 0 Å². The minimum absolute atomic E-state index is 0.0241. The summed E-state index contributed by atoms with van der Waals surface area (Å²) in [5, 5.41) is 1.00. The number of amides is 1. The fraction of sp³-hybridized carbons (Fsp3) is 0.500. The number of carbonyl (C=O) groups is 2. The smallest absolute Gasteiger partial charge is 0.230 e. The molecule has 2 saturated heterocycles. The molecule has 2 fully saturated rings. The summed E-state index contributed by atoms with van der Waals surface area (Å²) in [6.45, 7) is 0.646. The molecule has 6 heteroatoms. The number of halogens is 2. The molecule has 0 radical (unpaired) electrons. The minimum Gasteiger partial charge on any atom is -0.496 e. The molecule has 2 aliphatic rings. The fourth-order valence-corrected chi connectivity index (χ4v) is 4.02. The molecule has 118 valence electrons. The third-order valence-corrected chi connectivity index (χ3v) is 5.39. The number of carbonyl (C=O) groups excluding carboxylic acids is 2. The summed E-state index contributed by atoms with van der Waals surface area (Å²) < 4.78 is 5.42. The summed E-state index contributed by atoms with van der Waals surface area (Å²) in [6.07, 6.45) is 1.99. The first-order valence-corrected chi connectivity index (χ1v) is 8.10. The van der Waals surface area contributed by atoms with Crippen LogP contribution in [0.1, 0.15) is 37.2 Å². The van der Waals surface area contributed by atoms with Crippen LogP contribution < -0.4 is 4.74 Å². The van der Waals surface area contributed by atoms with E-state index in [9.17, 15) is 9.59 Å². The molecule has 1 aromatic carbocycles. The zero-order chi connectivity index (χ0) is 15.9. The maximum Gasteiger partial charge on any atom is 0.230 e. The van der Waals surface area contributed by atoms with Crippen LogP contribution in [0.15, 0.2) is 12.1 Å². The van der Waals surface area contributed by atoms with Crippen molar-refractivity contribution in [3.63, 3.8) is 0 Å². The largest absolute Gasteiger partial charge is 0.496 e. The first kappa shape index (κ1) is 15.6. The van der Waals surface area contributed by atoms with Crippen LogP contribution in [-0.2, 0) is 9.59 Å². The van der Waals surface area contributed by atoms with Crippen LogP contribution in [0.2, 0.25) is 10.0 Å². The lowest BCUT2D eigenvalue weighted by atomic mass is 9.81. The number of ether oxygens (including phenoxy) is 1. The van der Waals surface area contributed by atoms with Crippen molar-refractivity contribution < 1.29 is 14.3 Å². The van der Waals surface area contributed by atoms with Gasteiger partial charge in [-0.2, -0.15) is 0 Å². The van der Waals surface area contributed by atoms with Gasteiger partial charge < -0.3 is 9.64 Å². The van der Waals surface area contributed by atoms with Gasteiger partial charge in [0, 0.05) is 24.6 Å². The van der Waals surface area contributed by atoms with E-state index in [1.54, 1.807) is 13.2 Å². The van der Waals surface area contributed by atoms with E-state index < -0.39 is 0 Å². The highest BCUT2D eigenvalue weighted by Gasteiger charge is 2.39. The van der Waals surface area contributed by atoms with E-state index in [0.29, 0.717) is 35.2 Å². The first-order valence-electron chi connectivity index (χ1n) is 7.34. The Balaban J connectivity index is 1.90. The average molecular weight is 342 g/mol. The lowest BCUT2D eigenvalue weighted by Gasteiger charge is -2.42. The van der Waals surface area contributed by atoms with Crippen LogP contribution >= 0.6 is 23.2 Å². The van der Waals surface area contributed by atoms with Crippen molar-refractivity contribution in [2.45, 2.75) is 37.6 Å². The van der Waals surface area contributed by atoms with Gasteiger partial charge in [-0.3, -0.25) is 9.59 Å². The van der Waals surface area contributed by atoms with E-state index in [-0.39, 0.29) is 30.1 Å². The molecule has 3 rings (SSSR count). The van der Waals surface area contributed by atoms with Gasteiger partial charge in [0.2, 0.25) is 5.91 Å². The molecule has 22 heavy (non-hydrogen) atoms. The molecule has 0 aromatic heterocycles. The first-order chi connectivity index (χ1) is 10.5. The molecular weight excluding hydrogens is 325 g/mol. The second-order valence-corrected chi connectivity index (χ2v) is 6.64. The molecule has 1 amide bonds.